The zero-order chi connectivity index (χ0) is 12.0. The van der Waals surface area contributed by atoms with Crippen LogP contribution in [0.2, 0.25) is 0 Å². The molecule has 2 heteroatoms. The van der Waals surface area contributed by atoms with E-state index in [2.05, 4.69) is 43.1 Å². The molecule has 2 unspecified atom stereocenters. The highest BCUT2D eigenvalue weighted by Crippen LogP contribution is 2.45. The third kappa shape index (κ3) is 1.54. The molecule has 1 aliphatic carbocycles. The zero-order valence-electron chi connectivity index (χ0n) is 10.6. The predicted molar refractivity (Wildman–Crippen MR) is 67.9 cm³/mol. The molecule has 3 rings (SSSR count). The Balaban J connectivity index is 2.11. The molecule has 0 amide bonds. The Kier molecular flexibility index (Phi) is 2.37. The van der Waals surface area contributed by atoms with Crippen LogP contribution in [0.15, 0.2) is 24.3 Å². The summed E-state index contributed by atoms with van der Waals surface area (Å²) < 4.78 is 0. The number of carbonyl (C=O) groups excluding carboxylic acids is 1. The van der Waals surface area contributed by atoms with E-state index in [0.717, 1.165) is 25.8 Å². The van der Waals surface area contributed by atoms with Crippen molar-refractivity contribution >= 4 is 5.78 Å². The van der Waals surface area contributed by atoms with Gasteiger partial charge in [0.1, 0.15) is 5.78 Å². The molecule has 1 fully saturated rings. The Morgan fingerprint density at radius 1 is 1.35 bits per heavy atom. The molecule has 0 radical (unpaired) electrons. The average Bonchev–Trinajstić information content (AvgIpc) is 2.32. The van der Waals surface area contributed by atoms with Gasteiger partial charge in [0.2, 0.25) is 0 Å². The largest absolute Gasteiger partial charge is 0.300 e. The van der Waals surface area contributed by atoms with Gasteiger partial charge in [0, 0.05) is 30.8 Å². The summed E-state index contributed by atoms with van der Waals surface area (Å²) in [5.74, 6) is 0.429. The first kappa shape index (κ1) is 11.0. The van der Waals surface area contributed by atoms with Crippen molar-refractivity contribution in [1.82, 2.24) is 4.90 Å². The number of benzene rings is 1. The van der Waals surface area contributed by atoms with Crippen LogP contribution >= 0.6 is 0 Å². The molecule has 1 saturated carbocycles. The number of rotatable bonds is 0. The molecule has 1 aliphatic heterocycles. The number of Topliss-reactive ketones (excluding diaryl/α,β-unsaturated/α-hetero) is 1. The first-order valence-corrected chi connectivity index (χ1v) is 6.41. The quantitative estimate of drug-likeness (QED) is 0.681. The third-order valence-corrected chi connectivity index (χ3v) is 4.66. The van der Waals surface area contributed by atoms with E-state index in [-0.39, 0.29) is 5.41 Å². The van der Waals surface area contributed by atoms with E-state index in [4.69, 9.17) is 0 Å². The van der Waals surface area contributed by atoms with Crippen LogP contribution < -0.4 is 0 Å². The van der Waals surface area contributed by atoms with Crippen LogP contribution in [0, 0.1) is 0 Å². The fourth-order valence-electron chi connectivity index (χ4n) is 3.66. The second kappa shape index (κ2) is 3.67. The van der Waals surface area contributed by atoms with Gasteiger partial charge in [-0.25, -0.2) is 0 Å². The van der Waals surface area contributed by atoms with Crippen molar-refractivity contribution in [3.8, 4) is 0 Å². The lowest BCUT2D eigenvalue weighted by Crippen LogP contribution is -2.54. The van der Waals surface area contributed by atoms with Gasteiger partial charge < -0.3 is 0 Å². The number of carbonyl (C=O) groups is 1. The van der Waals surface area contributed by atoms with Gasteiger partial charge in [0.25, 0.3) is 0 Å². The second-order valence-corrected chi connectivity index (χ2v) is 5.75. The first-order valence-electron chi connectivity index (χ1n) is 6.41. The van der Waals surface area contributed by atoms with E-state index in [0.29, 0.717) is 11.8 Å². The fourth-order valence-corrected chi connectivity index (χ4v) is 3.66. The summed E-state index contributed by atoms with van der Waals surface area (Å²) in [6.07, 6.45) is 2.47. The van der Waals surface area contributed by atoms with E-state index < -0.39 is 0 Å². The van der Waals surface area contributed by atoms with Crippen LogP contribution in [0.25, 0.3) is 0 Å². The maximum atomic E-state index is 11.7. The summed E-state index contributed by atoms with van der Waals surface area (Å²) in [6.45, 7) is 3.31. The topological polar surface area (TPSA) is 20.3 Å². The fraction of sp³-hybridized carbons (Fsp3) is 0.533. The Morgan fingerprint density at radius 3 is 2.94 bits per heavy atom. The standard InChI is InChI=1S/C15H19NO/c1-15-8-7-12(17)9-14(15)16(2)10-11-5-3-4-6-13(11)15/h3-6,14H,7-10H2,1-2H3. The molecule has 0 N–H and O–H groups in total. The minimum Gasteiger partial charge on any atom is -0.300 e. The lowest BCUT2D eigenvalue weighted by molar-refractivity contribution is -0.124. The Labute approximate surface area is 103 Å². The smallest absolute Gasteiger partial charge is 0.134 e. The zero-order valence-corrected chi connectivity index (χ0v) is 10.6. The van der Waals surface area contributed by atoms with Gasteiger partial charge in [-0.1, -0.05) is 31.2 Å². The van der Waals surface area contributed by atoms with E-state index >= 15 is 0 Å². The summed E-state index contributed by atoms with van der Waals surface area (Å²) >= 11 is 0. The molecule has 0 aromatic heterocycles. The summed E-state index contributed by atoms with van der Waals surface area (Å²) in [6, 6.07) is 9.11. The van der Waals surface area contributed by atoms with Crippen LogP contribution in [-0.4, -0.2) is 23.8 Å². The molecule has 90 valence electrons. The number of ketones is 1. The van der Waals surface area contributed by atoms with Crippen molar-refractivity contribution in [2.24, 2.45) is 0 Å². The Hall–Kier alpha value is -1.15. The van der Waals surface area contributed by atoms with E-state index in [1.165, 1.54) is 11.1 Å². The van der Waals surface area contributed by atoms with Crippen molar-refractivity contribution in [3.05, 3.63) is 35.4 Å². The SMILES string of the molecule is CN1Cc2ccccc2C2(C)CCC(=O)CC12. The van der Waals surface area contributed by atoms with E-state index in [1.807, 2.05) is 0 Å². The van der Waals surface area contributed by atoms with Crippen molar-refractivity contribution in [2.75, 3.05) is 7.05 Å². The van der Waals surface area contributed by atoms with Crippen LogP contribution in [0.5, 0.6) is 0 Å². The normalized spacial score (nSPS) is 33.1. The molecular formula is C15H19NO. The number of likely N-dealkylation sites (N-methyl/N-ethyl adjacent to an activating group) is 1. The van der Waals surface area contributed by atoms with Gasteiger partial charge in [-0.2, -0.15) is 0 Å². The summed E-state index contributed by atoms with van der Waals surface area (Å²) in [7, 11) is 2.15. The minimum atomic E-state index is 0.164. The van der Waals surface area contributed by atoms with Crippen molar-refractivity contribution in [1.29, 1.82) is 0 Å². The van der Waals surface area contributed by atoms with Gasteiger partial charge >= 0.3 is 0 Å². The molecule has 0 bridgehead atoms. The maximum absolute atomic E-state index is 11.7. The number of hydrogen-bond donors (Lipinski definition) is 0. The van der Waals surface area contributed by atoms with Crippen molar-refractivity contribution in [2.45, 2.75) is 44.2 Å². The monoisotopic (exact) mass is 229 g/mol. The molecule has 0 spiro atoms. The summed E-state index contributed by atoms with van der Waals surface area (Å²) in [5.41, 5.74) is 3.07. The van der Waals surface area contributed by atoms with Crippen LogP contribution in [0.4, 0.5) is 0 Å². The van der Waals surface area contributed by atoms with Crippen LogP contribution in [0.1, 0.15) is 37.3 Å². The van der Waals surface area contributed by atoms with Crippen molar-refractivity contribution in [3.63, 3.8) is 0 Å². The highest BCUT2D eigenvalue weighted by molar-refractivity contribution is 5.80. The first-order chi connectivity index (χ1) is 8.11. The van der Waals surface area contributed by atoms with Gasteiger partial charge in [-0.05, 0) is 24.6 Å². The molecule has 1 heterocycles. The lowest BCUT2D eigenvalue weighted by atomic mass is 9.63. The summed E-state index contributed by atoms with van der Waals surface area (Å²) in [5, 5.41) is 0. The van der Waals surface area contributed by atoms with Gasteiger partial charge in [-0.3, -0.25) is 9.69 Å². The molecule has 2 atom stereocenters. The molecule has 1 aromatic carbocycles. The average molecular weight is 229 g/mol. The number of nitrogens with zero attached hydrogens (tertiary/aromatic N) is 1. The Bertz CT molecular complexity index is 468. The highest BCUT2D eigenvalue weighted by Gasteiger charge is 2.46. The number of hydrogen-bond acceptors (Lipinski definition) is 2. The van der Waals surface area contributed by atoms with Gasteiger partial charge in [-0.15, -0.1) is 0 Å². The molecule has 2 nitrogen and oxygen atoms in total. The second-order valence-electron chi connectivity index (χ2n) is 5.75. The van der Waals surface area contributed by atoms with E-state index in [1.54, 1.807) is 0 Å². The predicted octanol–water partition coefficient (Wildman–Crippen LogP) is 2.51. The molecular weight excluding hydrogens is 210 g/mol. The van der Waals surface area contributed by atoms with Gasteiger partial charge in [0.15, 0.2) is 0 Å². The molecule has 17 heavy (non-hydrogen) atoms. The lowest BCUT2D eigenvalue weighted by Gasteiger charge is -2.50. The third-order valence-electron chi connectivity index (χ3n) is 4.66. The number of fused-ring (bicyclic) bond motifs is 3. The Morgan fingerprint density at radius 2 is 2.12 bits per heavy atom. The summed E-state index contributed by atoms with van der Waals surface area (Å²) in [4.78, 5) is 14.1. The van der Waals surface area contributed by atoms with E-state index in [9.17, 15) is 4.79 Å². The van der Waals surface area contributed by atoms with Crippen LogP contribution in [0.3, 0.4) is 0 Å². The highest BCUT2D eigenvalue weighted by atomic mass is 16.1. The molecule has 1 aromatic rings. The maximum Gasteiger partial charge on any atom is 0.134 e. The van der Waals surface area contributed by atoms with Crippen LogP contribution in [-0.2, 0) is 16.8 Å². The van der Waals surface area contributed by atoms with Crippen molar-refractivity contribution < 1.29 is 4.79 Å². The van der Waals surface area contributed by atoms with Gasteiger partial charge in [0.05, 0.1) is 0 Å². The molecule has 2 aliphatic rings. The minimum absolute atomic E-state index is 0.164. The molecule has 0 saturated heterocycles.